The maximum absolute atomic E-state index is 12.5. The number of ether oxygens (including phenoxy) is 1. The molecule has 4 aromatic carbocycles. The van der Waals surface area contributed by atoms with Crippen molar-refractivity contribution in [3.05, 3.63) is 109 Å². The third-order valence-electron chi connectivity index (χ3n) is 5.30. The maximum atomic E-state index is 12.5. The molecule has 1 heterocycles. The van der Waals surface area contributed by atoms with Gasteiger partial charge >= 0.3 is 0 Å². The third kappa shape index (κ3) is 5.48. The molecule has 1 N–H and O–H groups in total. The summed E-state index contributed by atoms with van der Waals surface area (Å²) in [6.45, 7) is 0.430. The second kappa shape index (κ2) is 10.6. The Hall–Kier alpha value is -2.58. The van der Waals surface area contributed by atoms with Crippen molar-refractivity contribution < 1.29 is 9.53 Å². The summed E-state index contributed by atoms with van der Waals surface area (Å²) in [6.07, 6.45) is 1.82. The van der Waals surface area contributed by atoms with Crippen LogP contribution in [-0.2, 0) is 11.4 Å². The van der Waals surface area contributed by atoms with Crippen molar-refractivity contribution in [1.29, 1.82) is 0 Å². The van der Waals surface area contributed by atoms with Gasteiger partial charge in [0, 0.05) is 0 Å². The van der Waals surface area contributed by atoms with Crippen LogP contribution in [0, 0.1) is 0 Å². The fourth-order valence-corrected chi connectivity index (χ4v) is 6.12. The minimum atomic E-state index is -0.204. The van der Waals surface area contributed by atoms with Crippen LogP contribution in [0.5, 0.6) is 5.75 Å². The Morgan fingerprint density at radius 2 is 1.69 bits per heavy atom. The Morgan fingerprint density at radius 3 is 2.49 bits per heavy atom. The number of amides is 1. The summed E-state index contributed by atoms with van der Waals surface area (Å²) in [5, 5.41) is 6.16. The van der Waals surface area contributed by atoms with Gasteiger partial charge < -0.3 is 10.1 Å². The van der Waals surface area contributed by atoms with E-state index in [0.29, 0.717) is 33.1 Å². The molecule has 0 spiro atoms. The Morgan fingerprint density at radius 1 is 0.971 bits per heavy atom. The molecule has 4 aromatic rings. The number of aliphatic imine (C=N–C) groups is 1. The average molecular weight is 629 g/mol. The largest absolute Gasteiger partial charge is 0.487 e. The molecule has 35 heavy (non-hydrogen) atoms. The van der Waals surface area contributed by atoms with Crippen molar-refractivity contribution in [2.45, 2.75) is 6.61 Å². The van der Waals surface area contributed by atoms with Gasteiger partial charge in [0.05, 0.1) is 24.6 Å². The number of benzene rings is 4. The van der Waals surface area contributed by atoms with Crippen molar-refractivity contribution in [1.82, 2.24) is 5.32 Å². The van der Waals surface area contributed by atoms with Gasteiger partial charge in [0.15, 0.2) is 5.17 Å². The predicted octanol–water partition coefficient (Wildman–Crippen LogP) is 8.49. The lowest BCUT2D eigenvalue weighted by atomic mass is 10.1. The van der Waals surface area contributed by atoms with Crippen molar-refractivity contribution in [3.63, 3.8) is 0 Å². The van der Waals surface area contributed by atoms with Crippen LogP contribution in [0.1, 0.15) is 11.1 Å². The summed E-state index contributed by atoms with van der Waals surface area (Å²) in [6, 6.07) is 25.5. The van der Waals surface area contributed by atoms with E-state index in [4.69, 9.17) is 16.3 Å². The number of fused-ring (bicyclic) bond motifs is 1. The van der Waals surface area contributed by atoms with Gasteiger partial charge in [0.2, 0.25) is 0 Å². The smallest absolute Gasteiger partial charge is 0.264 e. The highest BCUT2D eigenvalue weighted by Crippen LogP contribution is 2.38. The van der Waals surface area contributed by atoms with Gasteiger partial charge in [0.25, 0.3) is 5.91 Å². The summed E-state index contributed by atoms with van der Waals surface area (Å²) in [5.41, 5.74) is 2.56. The molecule has 5 rings (SSSR count). The first kappa shape index (κ1) is 24.1. The van der Waals surface area contributed by atoms with Crippen LogP contribution in [0.3, 0.4) is 0 Å². The Kier molecular flexibility index (Phi) is 7.29. The van der Waals surface area contributed by atoms with Gasteiger partial charge in [-0.25, -0.2) is 4.99 Å². The average Bonchev–Trinajstić information content (AvgIpc) is 3.18. The SMILES string of the molecule is O=C1NC(=Nc2ccccc2Cl)S/C1=C/c1cc(Br)c(OCc2cccc3ccccc23)c(Br)c1. The molecule has 1 fully saturated rings. The lowest BCUT2D eigenvalue weighted by molar-refractivity contribution is -0.115. The Balaban J connectivity index is 1.35. The lowest BCUT2D eigenvalue weighted by Gasteiger charge is -2.13. The first-order valence-corrected chi connectivity index (χ1v) is 13.4. The van der Waals surface area contributed by atoms with Crippen LogP contribution < -0.4 is 10.1 Å². The molecule has 0 unspecified atom stereocenters. The number of carbonyl (C=O) groups excluding carboxylic acids is 1. The zero-order valence-electron chi connectivity index (χ0n) is 18.1. The molecule has 1 saturated heterocycles. The molecule has 0 aliphatic carbocycles. The van der Waals surface area contributed by atoms with E-state index in [1.807, 2.05) is 48.5 Å². The molecule has 0 bridgehead atoms. The molecule has 4 nitrogen and oxygen atoms in total. The summed E-state index contributed by atoms with van der Waals surface area (Å²) < 4.78 is 7.74. The number of rotatable bonds is 5. The first-order valence-electron chi connectivity index (χ1n) is 10.6. The van der Waals surface area contributed by atoms with Gasteiger partial charge in [-0.15, -0.1) is 0 Å². The van der Waals surface area contributed by atoms with Crippen LogP contribution >= 0.6 is 55.2 Å². The molecule has 0 atom stereocenters. The highest BCUT2D eigenvalue weighted by molar-refractivity contribution is 9.11. The Labute approximate surface area is 228 Å². The van der Waals surface area contributed by atoms with Gasteiger partial charge in [-0.05, 0) is 95.9 Å². The fourth-order valence-electron chi connectivity index (χ4n) is 3.65. The van der Waals surface area contributed by atoms with E-state index < -0.39 is 0 Å². The van der Waals surface area contributed by atoms with Gasteiger partial charge in [-0.2, -0.15) is 0 Å². The number of carbonyl (C=O) groups is 1. The van der Waals surface area contributed by atoms with E-state index in [1.165, 1.54) is 22.5 Å². The zero-order valence-corrected chi connectivity index (χ0v) is 22.8. The summed E-state index contributed by atoms with van der Waals surface area (Å²) in [5.74, 6) is 0.494. The molecular weight excluding hydrogens is 612 g/mol. The number of nitrogens with zero attached hydrogens (tertiary/aromatic N) is 1. The van der Waals surface area contributed by atoms with E-state index in [2.05, 4.69) is 66.4 Å². The highest BCUT2D eigenvalue weighted by atomic mass is 79.9. The van der Waals surface area contributed by atoms with Gasteiger partial charge in [-0.3, -0.25) is 4.79 Å². The van der Waals surface area contributed by atoms with E-state index in [9.17, 15) is 4.79 Å². The molecule has 0 saturated carbocycles. The second-order valence-corrected chi connectivity index (χ2v) is 10.8. The molecule has 174 valence electrons. The number of amidine groups is 1. The van der Waals surface area contributed by atoms with Crippen molar-refractivity contribution in [2.75, 3.05) is 0 Å². The quantitative estimate of drug-likeness (QED) is 0.226. The van der Waals surface area contributed by atoms with Crippen LogP contribution in [0.15, 0.2) is 97.7 Å². The second-order valence-electron chi connectivity index (χ2n) is 7.67. The van der Waals surface area contributed by atoms with Crippen LogP contribution in [-0.4, -0.2) is 11.1 Å². The van der Waals surface area contributed by atoms with E-state index in [-0.39, 0.29) is 5.91 Å². The zero-order chi connectivity index (χ0) is 24.4. The number of halogens is 3. The molecule has 1 aliphatic heterocycles. The van der Waals surface area contributed by atoms with Gasteiger partial charge in [0.1, 0.15) is 12.4 Å². The van der Waals surface area contributed by atoms with Crippen molar-refractivity contribution in [3.8, 4) is 5.75 Å². The van der Waals surface area contributed by atoms with Gasteiger partial charge in [-0.1, -0.05) is 66.2 Å². The standard InChI is InChI=1S/C27H17Br2ClN2O2S/c28-20-12-16(14-24-26(33)32-27(35-24)31-23-11-4-3-10-22(23)30)13-21(29)25(20)34-15-18-8-5-7-17-6-1-2-9-19(17)18/h1-14H,15H2,(H,31,32,33)/b24-14+. The molecule has 1 aliphatic rings. The molecular formula is C27H17Br2ClN2O2S. The number of para-hydroxylation sites is 1. The molecule has 1 amide bonds. The highest BCUT2D eigenvalue weighted by Gasteiger charge is 2.24. The summed E-state index contributed by atoms with van der Waals surface area (Å²) >= 11 is 14.7. The summed E-state index contributed by atoms with van der Waals surface area (Å²) in [4.78, 5) is 17.5. The minimum Gasteiger partial charge on any atom is -0.487 e. The first-order chi connectivity index (χ1) is 17.0. The molecule has 8 heteroatoms. The monoisotopic (exact) mass is 626 g/mol. The van der Waals surface area contributed by atoms with Crippen molar-refractivity contribution >= 4 is 88.8 Å². The van der Waals surface area contributed by atoms with Crippen LogP contribution in [0.25, 0.3) is 16.8 Å². The number of thioether (sulfide) groups is 1. The maximum Gasteiger partial charge on any atom is 0.264 e. The number of hydrogen-bond acceptors (Lipinski definition) is 4. The van der Waals surface area contributed by atoms with Crippen LogP contribution in [0.4, 0.5) is 5.69 Å². The van der Waals surface area contributed by atoms with Crippen molar-refractivity contribution in [2.24, 2.45) is 4.99 Å². The van der Waals surface area contributed by atoms with E-state index in [0.717, 1.165) is 20.1 Å². The minimum absolute atomic E-state index is 0.204. The summed E-state index contributed by atoms with van der Waals surface area (Å²) in [7, 11) is 0. The Bertz CT molecular complexity index is 1490. The topological polar surface area (TPSA) is 50.7 Å². The number of hydrogen-bond donors (Lipinski definition) is 1. The van der Waals surface area contributed by atoms with E-state index in [1.54, 1.807) is 12.1 Å². The fraction of sp³-hybridized carbons (Fsp3) is 0.0370. The predicted molar refractivity (Wildman–Crippen MR) is 152 cm³/mol. The van der Waals surface area contributed by atoms with Crippen LogP contribution in [0.2, 0.25) is 5.02 Å². The number of nitrogens with one attached hydrogen (secondary N) is 1. The normalized spacial score (nSPS) is 15.7. The lowest BCUT2D eigenvalue weighted by Crippen LogP contribution is -2.19. The molecule has 0 aromatic heterocycles. The van der Waals surface area contributed by atoms with E-state index >= 15 is 0 Å². The molecule has 0 radical (unpaired) electrons. The third-order valence-corrected chi connectivity index (χ3v) is 7.70.